The molecule has 1 saturated heterocycles. The maximum atomic E-state index is 12.7. The fourth-order valence-electron chi connectivity index (χ4n) is 9.98. The van der Waals surface area contributed by atoms with Gasteiger partial charge in [-0.1, -0.05) is 61.3 Å². The molecule has 0 bridgehead atoms. The van der Waals surface area contributed by atoms with Gasteiger partial charge in [0.1, 0.15) is 35.2 Å². The molecule has 1 aliphatic carbocycles. The minimum atomic E-state index is -4.67. The average Bonchev–Trinajstić information content (AvgIpc) is 4.17. The lowest BCUT2D eigenvalue weighted by Gasteiger charge is -2.34. The molecule has 2 fully saturated rings. The number of benzene rings is 2. The highest BCUT2D eigenvalue weighted by atomic mass is 32.3. The maximum Gasteiger partial charge on any atom is 0.410 e. The molecule has 428 valence electrons. The number of aromatic nitrogens is 10. The molecule has 2 aliphatic rings. The number of rotatable bonds is 13. The first-order valence-electron chi connectivity index (χ1n) is 27.1. The first kappa shape index (κ1) is 59.0. The van der Waals surface area contributed by atoms with E-state index in [1.807, 2.05) is 79.4 Å². The summed E-state index contributed by atoms with van der Waals surface area (Å²) in [6, 6.07) is 14.1. The normalized spacial score (nSPS) is 15.3. The Hall–Kier alpha value is -7.12. The highest BCUT2D eigenvalue weighted by molar-refractivity contribution is 7.79. The predicted octanol–water partition coefficient (Wildman–Crippen LogP) is 11.9. The van der Waals surface area contributed by atoms with Gasteiger partial charge in [0.05, 0.1) is 33.8 Å². The van der Waals surface area contributed by atoms with E-state index in [0.29, 0.717) is 44.4 Å². The standard InChI is InChI=1S/C33H47N7O4Si.C23H26N6O.H2O4S/c1-21-18-34-31(35-25-11-10-14-39(19-25)32(41)43-33(4,5)6)36-29(21)30-26-13-12-24(28-22(2)38-44-23(28)3)17-27(26)40(37-30)20-42-15-16-45(7,8)9;1-13-12-24-23(25-17-7-5-4-6-8-17)26-21(13)22-18-10-9-16(11-19(18)27-28-22)20-14(2)29-30-15(20)3;1-5(2,3)4/h12-13,17-18,25H,10-11,14-16,19-20H2,1-9H3,(H,34,35,36);9-12,17H,4-8H2,1-3H3,(H,27,28)(H,24,25,26);(H2,1,2,3,4)/t25-;;/m0../s1. The number of fused-ring (bicyclic) bond motifs is 2. The molecule has 1 saturated carbocycles. The first-order chi connectivity index (χ1) is 37.8. The van der Waals surface area contributed by atoms with E-state index in [9.17, 15) is 4.79 Å². The largest absolute Gasteiger partial charge is 0.444 e. The van der Waals surface area contributed by atoms with Gasteiger partial charge in [-0.2, -0.15) is 18.6 Å². The van der Waals surface area contributed by atoms with Crippen LogP contribution in [0.3, 0.4) is 0 Å². The summed E-state index contributed by atoms with van der Waals surface area (Å²) in [6.45, 7) is 26.7. The summed E-state index contributed by atoms with van der Waals surface area (Å²) in [7, 11) is -5.90. The Bertz CT molecular complexity index is 3530. The molecule has 0 radical (unpaired) electrons. The molecule has 6 aromatic heterocycles. The zero-order valence-electron chi connectivity index (χ0n) is 47.9. The molecule has 80 heavy (non-hydrogen) atoms. The van der Waals surface area contributed by atoms with Crippen LogP contribution in [0.15, 0.2) is 57.8 Å². The number of amides is 1. The van der Waals surface area contributed by atoms with Crippen LogP contribution in [0.4, 0.5) is 16.7 Å². The van der Waals surface area contributed by atoms with E-state index in [0.717, 1.165) is 120 Å². The Kier molecular flexibility index (Phi) is 18.2. The number of carbonyl (C=O) groups is 1. The van der Waals surface area contributed by atoms with Crippen molar-refractivity contribution in [2.45, 2.75) is 157 Å². The summed E-state index contributed by atoms with van der Waals surface area (Å²) in [5.74, 6) is 2.79. The number of aryl methyl sites for hydroxylation is 6. The number of carbonyl (C=O) groups excluding carboxylic acids is 1. The lowest BCUT2D eigenvalue weighted by molar-refractivity contribution is 0.0206. The van der Waals surface area contributed by atoms with Crippen LogP contribution in [0.5, 0.6) is 0 Å². The second-order valence-corrected chi connectivity index (χ2v) is 29.5. The fraction of sp³-hybridized carbons (Fsp3) is 0.482. The van der Waals surface area contributed by atoms with E-state index in [2.05, 4.69) is 97.2 Å². The molecule has 2 aromatic carbocycles. The molecule has 24 heteroatoms. The minimum Gasteiger partial charge on any atom is -0.444 e. The third kappa shape index (κ3) is 15.2. The van der Waals surface area contributed by atoms with Crippen molar-refractivity contribution in [3.8, 4) is 45.0 Å². The molecular formula is C56H75N13O9SSi. The van der Waals surface area contributed by atoms with E-state index in [1.165, 1.54) is 32.1 Å². The molecule has 1 aliphatic heterocycles. The maximum absolute atomic E-state index is 12.7. The van der Waals surface area contributed by atoms with Gasteiger partial charge in [0.15, 0.2) is 0 Å². The summed E-state index contributed by atoms with van der Waals surface area (Å²) in [5, 5.41) is 30.1. The smallest absolute Gasteiger partial charge is 0.410 e. The Morgan fingerprint density at radius 2 is 1.31 bits per heavy atom. The van der Waals surface area contributed by atoms with Gasteiger partial charge in [-0.3, -0.25) is 14.2 Å². The van der Waals surface area contributed by atoms with Crippen molar-refractivity contribution in [1.82, 2.24) is 55.1 Å². The molecule has 10 rings (SSSR count). The van der Waals surface area contributed by atoms with Crippen molar-refractivity contribution in [3.05, 3.63) is 82.8 Å². The second kappa shape index (κ2) is 24.7. The van der Waals surface area contributed by atoms with E-state index < -0.39 is 24.1 Å². The van der Waals surface area contributed by atoms with Gasteiger partial charge < -0.3 is 34.1 Å². The predicted molar refractivity (Wildman–Crippen MR) is 311 cm³/mol. The topological polar surface area (TPSA) is 288 Å². The number of piperidine rings is 1. The first-order valence-corrected chi connectivity index (χ1v) is 32.2. The highest BCUT2D eigenvalue weighted by Crippen LogP contribution is 2.36. The van der Waals surface area contributed by atoms with Gasteiger partial charge in [0, 0.05) is 74.1 Å². The number of H-pyrrole nitrogens is 1. The van der Waals surface area contributed by atoms with Gasteiger partial charge >= 0.3 is 16.5 Å². The number of nitrogens with zero attached hydrogens (tertiary/aromatic N) is 10. The number of ether oxygens (including phenoxy) is 2. The Morgan fingerprint density at radius 1 is 0.762 bits per heavy atom. The lowest BCUT2D eigenvalue weighted by atomic mass is 9.96. The van der Waals surface area contributed by atoms with Gasteiger partial charge in [0.25, 0.3) is 0 Å². The SMILES string of the molecule is Cc1cnc(NC2CCCCC2)nc1-c1n[nH]c2cc(-c3c(C)noc3C)ccc12.Cc1cnc(N[C@H]2CCCN(C(=O)OC(C)(C)C)C2)nc1-c1nn(COCC[Si](C)(C)C)c2cc(-c3c(C)noc3C)ccc12.O=S(=O)(O)O. The summed E-state index contributed by atoms with van der Waals surface area (Å²) < 4.78 is 56.1. The van der Waals surface area contributed by atoms with Crippen LogP contribution in [-0.2, 0) is 26.6 Å². The molecule has 8 aromatic rings. The third-order valence-electron chi connectivity index (χ3n) is 13.9. The summed E-state index contributed by atoms with van der Waals surface area (Å²) in [4.78, 5) is 33.4. The van der Waals surface area contributed by atoms with Gasteiger partial charge in [-0.25, -0.2) is 29.4 Å². The van der Waals surface area contributed by atoms with E-state index in [-0.39, 0.29) is 12.1 Å². The zero-order valence-corrected chi connectivity index (χ0v) is 49.7. The molecular weight excluding hydrogens is 1060 g/mol. The number of anilines is 2. The lowest BCUT2D eigenvalue weighted by Crippen LogP contribution is -2.47. The van der Waals surface area contributed by atoms with Gasteiger partial charge in [0.2, 0.25) is 11.9 Å². The number of hydrogen-bond donors (Lipinski definition) is 5. The van der Waals surface area contributed by atoms with Crippen LogP contribution in [0, 0.1) is 41.5 Å². The Labute approximate surface area is 467 Å². The number of likely N-dealkylation sites (tertiary alicyclic amines) is 1. The van der Waals surface area contributed by atoms with Crippen molar-refractivity contribution in [3.63, 3.8) is 0 Å². The van der Waals surface area contributed by atoms with Crippen molar-refractivity contribution >= 4 is 58.3 Å². The Morgan fingerprint density at radius 3 is 1.88 bits per heavy atom. The number of hydrogen-bond acceptors (Lipinski definition) is 17. The fourth-order valence-corrected chi connectivity index (χ4v) is 10.7. The van der Waals surface area contributed by atoms with Gasteiger partial charge in [-0.15, -0.1) is 0 Å². The molecule has 7 heterocycles. The molecule has 0 unspecified atom stereocenters. The number of nitrogens with one attached hydrogen (secondary N) is 3. The van der Waals surface area contributed by atoms with Crippen molar-refractivity contribution in [2.24, 2.45) is 0 Å². The van der Waals surface area contributed by atoms with Crippen LogP contribution in [0.2, 0.25) is 25.7 Å². The van der Waals surface area contributed by atoms with E-state index in [1.54, 1.807) is 4.90 Å². The summed E-state index contributed by atoms with van der Waals surface area (Å²) >= 11 is 0. The summed E-state index contributed by atoms with van der Waals surface area (Å²) in [6.07, 6.45) is 11.4. The summed E-state index contributed by atoms with van der Waals surface area (Å²) in [5.41, 5.74) is 12.4. The van der Waals surface area contributed by atoms with Crippen molar-refractivity contribution < 1.29 is 40.8 Å². The number of aromatic amines is 1. The second-order valence-electron chi connectivity index (χ2n) is 22.9. The van der Waals surface area contributed by atoms with Crippen LogP contribution >= 0.6 is 0 Å². The molecule has 22 nitrogen and oxygen atoms in total. The molecule has 1 amide bonds. The minimum absolute atomic E-state index is 0.00787. The van der Waals surface area contributed by atoms with Crippen molar-refractivity contribution in [2.75, 3.05) is 30.3 Å². The third-order valence-corrected chi connectivity index (χ3v) is 15.6. The van der Waals surface area contributed by atoms with E-state index >= 15 is 0 Å². The molecule has 0 spiro atoms. The zero-order chi connectivity index (χ0) is 57.7. The average molecular weight is 1130 g/mol. The Balaban J connectivity index is 0.000000206. The van der Waals surface area contributed by atoms with Crippen LogP contribution < -0.4 is 10.6 Å². The van der Waals surface area contributed by atoms with Crippen molar-refractivity contribution in [1.29, 1.82) is 0 Å². The monoisotopic (exact) mass is 1130 g/mol. The van der Waals surface area contributed by atoms with Crippen LogP contribution in [-0.4, -0.2) is 124 Å². The van der Waals surface area contributed by atoms with E-state index in [4.69, 9.17) is 51.1 Å². The van der Waals surface area contributed by atoms with Crippen LogP contribution in [0.1, 0.15) is 99.8 Å². The molecule has 5 N–H and O–H groups in total. The molecule has 1 atom stereocenters. The van der Waals surface area contributed by atoms with Gasteiger partial charge in [-0.05, 0) is 141 Å². The highest BCUT2D eigenvalue weighted by Gasteiger charge is 2.29. The quantitative estimate of drug-likeness (QED) is 0.0407. The van der Waals surface area contributed by atoms with Crippen LogP contribution in [0.25, 0.3) is 66.8 Å².